The van der Waals surface area contributed by atoms with Crippen molar-refractivity contribution in [3.63, 3.8) is 0 Å². The highest BCUT2D eigenvalue weighted by Crippen LogP contribution is 2.04. The maximum absolute atomic E-state index is 12.0. The van der Waals surface area contributed by atoms with Crippen LogP contribution in [0.25, 0.3) is 0 Å². The van der Waals surface area contributed by atoms with Crippen molar-refractivity contribution in [2.24, 2.45) is 5.92 Å². The fourth-order valence-corrected chi connectivity index (χ4v) is 1.80. The van der Waals surface area contributed by atoms with Gasteiger partial charge >= 0.3 is 5.97 Å². The Hall–Kier alpha value is -1.92. The van der Waals surface area contributed by atoms with Crippen LogP contribution in [0.2, 0.25) is 0 Å². The molecule has 1 heterocycles. The van der Waals surface area contributed by atoms with Gasteiger partial charge in [0.05, 0.1) is 6.20 Å². The first-order valence-electron chi connectivity index (χ1n) is 7.37. The minimum Gasteiger partial charge on any atom is -0.480 e. The van der Waals surface area contributed by atoms with Crippen LogP contribution < -0.4 is 5.32 Å². The number of unbranched alkanes of at least 4 members (excludes halogenated alkanes) is 1. The average molecular weight is 296 g/mol. The molecule has 0 fully saturated rings. The van der Waals surface area contributed by atoms with E-state index in [1.54, 1.807) is 10.9 Å². The van der Waals surface area contributed by atoms with Gasteiger partial charge in [-0.05, 0) is 18.8 Å². The molecular weight excluding hydrogens is 272 g/mol. The summed E-state index contributed by atoms with van der Waals surface area (Å²) in [7, 11) is 0. The number of hydrogen-bond acceptors (Lipinski definition) is 4. The number of aliphatic carboxylic acids is 1. The lowest BCUT2D eigenvalue weighted by molar-refractivity contribution is -0.139. The fourth-order valence-electron chi connectivity index (χ4n) is 1.80. The minimum absolute atomic E-state index is 0.154. The molecule has 118 valence electrons. The van der Waals surface area contributed by atoms with E-state index in [0.717, 1.165) is 19.3 Å². The molecule has 7 nitrogen and oxygen atoms in total. The third kappa shape index (κ3) is 5.93. The van der Waals surface area contributed by atoms with Crippen LogP contribution in [-0.4, -0.2) is 38.0 Å². The van der Waals surface area contributed by atoms with E-state index in [1.807, 2.05) is 6.92 Å². The van der Waals surface area contributed by atoms with E-state index in [4.69, 9.17) is 5.11 Å². The number of carbonyl (C=O) groups is 2. The highest BCUT2D eigenvalue weighted by molar-refractivity contribution is 5.94. The Morgan fingerprint density at radius 1 is 1.38 bits per heavy atom. The third-order valence-electron chi connectivity index (χ3n) is 3.16. The van der Waals surface area contributed by atoms with Crippen molar-refractivity contribution in [1.82, 2.24) is 20.3 Å². The predicted molar refractivity (Wildman–Crippen MR) is 77.9 cm³/mol. The van der Waals surface area contributed by atoms with Gasteiger partial charge in [-0.2, -0.15) is 0 Å². The summed E-state index contributed by atoms with van der Waals surface area (Å²) in [6, 6.07) is -0.877. The second-order valence-corrected chi connectivity index (χ2v) is 5.56. The van der Waals surface area contributed by atoms with Gasteiger partial charge in [-0.3, -0.25) is 9.48 Å². The van der Waals surface area contributed by atoms with Crippen LogP contribution in [0.3, 0.4) is 0 Å². The minimum atomic E-state index is -1.02. The maximum Gasteiger partial charge on any atom is 0.326 e. The average Bonchev–Trinajstić information content (AvgIpc) is 2.89. The molecule has 0 aliphatic rings. The molecular formula is C14H24N4O3. The summed E-state index contributed by atoms with van der Waals surface area (Å²) in [5.74, 6) is -0.977. The van der Waals surface area contributed by atoms with Crippen LogP contribution in [-0.2, 0) is 11.3 Å². The normalized spacial score (nSPS) is 12.4. The number of amides is 1. The van der Waals surface area contributed by atoms with Crippen molar-refractivity contribution in [1.29, 1.82) is 0 Å². The Morgan fingerprint density at radius 3 is 2.67 bits per heavy atom. The number of nitrogens with zero attached hydrogens (tertiary/aromatic N) is 3. The van der Waals surface area contributed by atoms with Crippen molar-refractivity contribution in [2.45, 2.75) is 59.0 Å². The van der Waals surface area contributed by atoms with Crippen molar-refractivity contribution >= 4 is 11.9 Å². The Bertz CT molecular complexity index is 471. The molecule has 0 spiro atoms. The van der Waals surface area contributed by atoms with Crippen LogP contribution in [0, 0.1) is 5.92 Å². The number of hydrogen-bond donors (Lipinski definition) is 2. The van der Waals surface area contributed by atoms with E-state index < -0.39 is 17.9 Å². The molecule has 7 heteroatoms. The third-order valence-corrected chi connectivity index (χ3v) is 3.16. The first-order chi connectivity index (χ1) is 9.93. The van der Waals surface area contributed by atoms with E-state index in [-0.39, 0.29) is 5.69 Å². The Morgan fingerprint density at radius 2 is 2.10 bits per heavy atom. The summed E-state index contributed by atoms with van der Waals surface area (Å²) >= 11 is 0. The first-order valence-corrected chi connectivity index (χ1v) is 7.37. The van der Waals surface area contributed by atoms with E-state index >= 15 is 0 Å². The molecule has 1 amide bonds. The zero-order valence-electron chi connectivity index (χ0n) is 12.9. The summed E-state index contributed by atoms with van der Waals surface area (Å²) < 4.78 is 1.61. The highest BCUT2D eigenvalue weighted by atomic mass is 16.4. The van der Waals surface area contributed by atoms with Crippen molar-refractivity contribution in [3.05, 3.63) is 11.9 Å². The number of carboxylic acids is 1. The molecule has 21 heavy (non-hydrogen) atoms. The van der Waals surface area contributed by atoms with Crippen LogP contribution >= 0.6 is 0 Å². The summed E-state index contributed by atoms with van der Waals surface area (Å²) in [6.45, 7) is 6.88. The monoisotopic (exact) mass is 296 g/mol. The van der Waals surface area contributed by atoms with Crippen LogP contribution in [0.1, 0.15) is 56.9 Å². The standard InChI is InChI=1S/C14H24N4O3/c1-4-5-6-11(14(20)21)15-13(19)12-9-18(17-16-12)8-7-10(2)3/h9-11H,4-8H2,1-3H3,(H,15,19)(H,20,21). The molecule has 2 N–H and O–H groups in total. The molecule has 0 aliphatic heterocycles. The number of carboxylic acid groups (broad SMARTS) is 1. The number of aromatic nitrogens is 3. The van der Waals surface area contributed by atoms with Crippen molar-refractivity contribution < 1.29 is 14.7 Å². The van der Waals surface area contributed by atoms with Gasteiger partial charge in [-0.15, -0.1) is 5.10 Å². The number of carbonyl (C=O) groups excluding carboxylic acids is 1. The van der Waals surface area contributed by atoms with Gasteiger partial charge in [0.25, 0.3) is 5.91 Å². The highest BCUT2D eigenvalue weighted by Gasteiger charge is 2.21. The molecule has 1 atom stereocenters. The smallest absolute Gasteiger partial charge is 0.326 e. The summed E-state index contributed by atoms with van der Waals surface area (Å²) in [4.78, 5) is 23.1. The SMILES string of the molecule is CCCCC(NC(=O)c1cn(CCC(C)C)nn1)C(=O)O. The lowest BCUT2D eigenvalue weighted by Gasteiger charge is -2.12. The second-order valence-electron chi connectivity index (χ2n) is 5.56. The Labute approximate surface area is 124 Å². The van der Waals surface area contributed by atoms with Crippen molar-refractivity contribution in [3.8, 4) is 0 Å². The molecule has 1 unspecified atom stereocenters. The number of nitrogens with one attached hydrogen (secondary N) is 1. The van der Waals surface area contributed by atoms with Gasteiger partial charge in [0, 0.05) is 6.54 Å². The van der Waals surface area contributed by atoms with E-state index in [0.29, 0.717) is 18.9 Å². The zero-order valence-corrected chi connectivity index (χ0v) is 12.9. The number of rotatable bonds is 9. The molecule has 0 aromatic carbocycles. The molecule has 1 aromatic heterocycles. The lowest BCUT2D eigenvalue weighted by Crippen LogP contribution is -2.40. The van der Waals surface area contributed by atoms with E-state index in [2.05, 4.69) is 29.5 Å². The van der Waals surface area contributed by atoms with E-state index in [9.17, 15) is 9.59 Å². The zero-order chi connectivity index (χ0) is 15.8. The summed E-state index contributed by atoms with van der Waals surface area (Å²) in [5.41, 5.74) is 0.154. The van der Waals surface area contributed by atoms with Gasteiger partial charge in [-0.1, -0.05) is 38.8 Å². The molecule has 0 bridgehead atoms. The van der Waals surface area contributed by atoms with Gasteiger partial charge in [0.1, 0.15) is 6.04 Å². The molecule has 0 saturated carbocycles. The molecule has 1 rings (SSSR count). The summed E-state index contributed by atoms with van der Waals surface area (Å²) in [6.07, 6.45) is 4.54. The molecule has 0 saturated heterocycles. The quantitative estimate of drug-likeness (QED) is 0.723. The first kappa shape index (κ1) is 17.1. The van der Waals surface area contributed by atoms with Crippen molar-refractivity contribution in [2.75, 3.05) is 0 Å². The Balaban J connectivity index is 2.59. The Kier molecular flexibility index (Phi) is 6.84. The topological polar surface area (TPSA) is 97.1 Å². The van der Waals surface area contributed by atoms with Crippen LogP contribution in [0.4, 0.5) is 0 Å². The van der Waals surface area contributed by atoms with Gasteiger partial charge < -0.3 is 10.4 Å². The molecule has 0 radical (unpaired) electrons. The van der Waals surface area contributed by atoms with Crippen LogP contribution in [0.5, 0.6) is 0 Å². The predicted octanol–water partition coefficient (Wildman–Crippen LogP) is 1.70. The lowest BCUT2D eigenvalue weighted by atomic mass is 10.1. The van der Waals surface area contributed by atoms with E-state index in [1.165, 1.54) is 0 Å². The van der Waals surface area contributed by atoms with Crippen LogP contribution in [0.15, 0.2) is 6.20 Å². The van der Waals surface area contributed by atoms with Gasteiger partial charge in [0.2, 0.25) is 0 Å². The number of aryl methyl sites for hydroxylation is 1. The van der Waals surface area contributed by atoms with Gasteiger partial charge in [0.15, 0.2) is 5.69 Å². The van der Waals surface area contributed by atoms with Gasteiger partial charge in [-0.25, -0.2) is 4.79 Å². The largest absolute Gasteiger partial charge is 0.480 e. The fraction of sp³-hybridized carbons (Fsp3) is 0.714. The molecule has 0 aliphatic carbocycles. The molecule has 1 aromatic rings. The second kappa shape index (κ2) is 8.39. The maximum atomic E-state index is 12.0. The summed E-state index contributed by atoms with van der Waals surface area (Å²) in [5, 5.41) is 19.3.